The lowest BCUT2D eigenvalue weighted by Crippen LogP contribution is -2.62. The molecule has 5 N–H and O–H groups in total. The van der Waals surface area contributed by atoms with Crippen LogP contribution in [0.15, 0.2) is 66.7 Å². The van der Waals surface area contributed by atoms with Crippen molar-refractivity contribution in [2.24, 2.45) is 0 Å². The number of benzene rings is 3. The first kappa shape index (κ1) is 32.3. The van der Waals surface area contributed by atoms with E-state index in [4.69, 9.17) is 40.0 Å². The highest BCUT2D eigenvalue weighted by atomic mass is 35.5. The molecule has 2 fully saturated rings. The second-order valence-electron chi connectivity index (χ2n) is 10.7. The number of nitrogens with one attached hydrogen (secondary N) is 1. The summed E-state index contributed by atoms with van der Waals surface area (Å²) in [6.07, 6.45) is -8.91. The Morgan fingerprint density at radius 2 is 1.45 bits per heavy atom. The standard InChI is InChI=1S/C32H38ClNO10/c1-17-27(36)22(34-21-13-9-19(10-14-21)18-7-11-20(33)12-8-18)15-26(41-17)43-31-29(38)28(37)25(16-35)42-32(31)44-30-23(39-2)5-4-6-24(30)40-3/h4-14,17,22,25-29,31-32,34-38H,15-16H2,1-3H3/t17-,22+,25+,26-,27-,28+,29-,31+,32-/m0/s1. The normalized spacial score (nSPS) is 30.4. The van der Waals surface area contributed by atoms with Gasteiger partial charge in [0.25, 0.3) is 0 Å². The molecule has 2 heterocycles. The van der Waals surface area contributed by atoms with Gasteiger partial charge in [-0.05, 0) is 54.4 Å². The lowest BCUT2D eigenvalue weighted by molar-refractivity contribution is -0.329. The van der Waals surface area contributed by atoms with Gasteiger partial charge < -0.3 is 54.2 Å². The molecule has 0 spiro atoms. The molecule has 0 unspecified atom stereocenters. The quantitative estimate of drug-likeness (QED) is 0.225. The summed E-state index contributed by atoms with van der Waals surface area (Å²) < 4.78 is 35.0. The summed E-state index contributed by atoms with van der Waals surface area (Å²) in [4.78, 5) is 0. The highest BCUT2D eigenvalue weighted by Gasteiger charge is 2.49. The number of halogens is 1. The van der Waals surface area contributed by atoms with Gasteiger partial charge in [-0.25, -0.2) is 0 Å². The molecule has 0 aliphatic carbocycles. The van der Waals surface area contributed by atoms with Crippen molar-refractivity contribution in [3.63, 3.8) is 0 Å². The minimum absolute atomic E-state index is 0.186. The van der Waals surface area contributed by atoms with Crippen LogP contribution in [0, 0.1) is 0 Å². The Balaban J connectivity index is 1.32. The molecule has 238 valence electrons. The second kappa shape index (κ2) is 14.3. The third-order valence-electron chi connectivity index (χ3n) is 7.87. The molecule has 2 aliphatic rings. The summed E-state index contributed by atoms with van der Waals surface area (Å²) in [5, 5.41) is 46.5. The van der Waals surface area contributed by atoms with E-state index in [0.29, 0.717) is 16.5 Å². The highest BCUT2D eigenvalue weighted by molar-refractivity contribution is 6.30. The summed E-state index contributed by atoms with van der Waals surface area (Å²) in [7, 11) is 2.93. The maximum atomic E-state index is 11.1. The van der Waals surface area contributed by atoms with E-state index >= 15 is 0 Å². The van der Waals surface area contributed by atoms with E-state index in [9.17, 15) is 20.4 Å². The fraction of sp³-hybridized carbons (Fsp3) is 0.438. The van der Waals surface area contributed by atoms with Crippen LogP contribution in [-0.4, -0.2) is 96.5 Å². The molecule has 3 aromatic carbocycles. The Kier molecular flexibility index (Phi) is 10.5. The van der Waals surface area contributed by atoms with Crippen molar-refractivity contribution in [3.05, 3.63) is 71.8 Å². The molecule has 11 nitrogen and oxygen atoms in total. The van der Waals surface area contributed by atoms with Crippen molar-refractivity contribution in [1.29, 1.82) is 0 Å². The van der Waals surface area contributed by atoms with Gasteiger partial charge >= 0.3 is 0 Å². The first-order valence-electron chi connectivity index (χ1n) is 14.3. The molecular weight excluding hydrogens is 594 g/mol. The van der Waals surface area contributed by atoms with Gasteiger partial charge in [-0.3, -0.25) is 0 Å². The second-order valence-corrected chi connectivity index (χ2v) is 11.2. The molecule has 0 saturated carbocycles. The van der Waals surface area contributed by atoms with Gasteiger partial charge in [-0.1, -0.05) is 41.9 Å². The van der Waals surface area contributed by atoms with Crippen LogP contribution in [0.25, 0.3) is 11.1 Å². The Bertz CT molecular complexity index is 1340. The molecule has 3 aromatic rings. The van der Waals surface area contributed by atoms with Crippen LogP contribution in [-0.2, 0) is 14.2 Å². The van der Waals surface area contributed by atoms with Crippen molar-refractivity contribution >= 4 is 17.3 Å². The molecule has 2 saturated heterocycles. The molecular formula is C32H38ClNO10. The number of methoxy groups -OCH3 is 2. The van der Waals surface area contributed by atoms with E-state index in [0.717, 1.165) is 16.8 Å². The van der Waals surface area contributed by atoms with Crippen molar-refractivity contribution in [2.75, 3.05) is 26.1 Å². The number of ether oxygens (including phenoxy) is 6. The van der Waals surface area contributed by atoms with Crippen LogP contribution in [0.4, 0.5) is 5.69 Å². The molecule has 0 amide bonds. The van der Waals surface area contributed by atoms with E-state index in [1.807, 2.05) is 48.5 Å². The molecule has 5 rings (SSSR count). The monoisotopic (exact) mass is 631 g/mol. The van der Waals surface area contributed by atoms with Gasteiger partial charge in [-0.2, -0.15) is 0 Å². The van der Waals surface area contributed by atoms with Gasteiger partial charge in [0.05, 0.1) is 33.0 Å². The average molecular weight is 632 g/mol. The predicted molar refractivity (Wildman–Crippen MR) is 162 cm³/mol. The third-order valence-corrected chi connectivity index (χ3v) is 8.12. The average Bonchev–Trinajstić information content (AvgIpc) is 3.03. The largest absolute Gasteiger partial charge is 0.493 e. The maximum absolute atomic E-state index is 11.1. The summed E-state index contributed by atoms with van der Waals surface area (Å²) in [6, 6.07) is 19.9. The Labute approximate surface area is 260 Å². The lowest BCUT2D eigenvalue weighted by Gasteiger charge is -2.45. The third kappa shape index (κ3) is 7.06. The minimum atomic E-state index is -1.51. The lowest BCUT2D eigenvalue weighted by atomic mass is 9.97. The van der Waals surface area contributed by atoms with Gasteiger partial charge in [0.2, 0.25) is 12.0 Å². The zero-order valence-corrected chi connectivity index (χ0v) is 25.3. The van der Waals surface area contributed by atoms with E-state index in [2.05, 4.69) is 5.32 Å². The molecule has 44 heavy (non-hydrogen) atoms. The fourth-order valence-electron chi connectivity index (χ4n) is 5.42. The first-order valence-corrected chi connectivity index (χ1v) is 14.7. The summed E-state index contributed by atoms with van der Waals surface area (Å²) in [5.41, 5.74) is 2.82. The van der Waals surface area contributed by atoms with Gasteiger partial charge in [0.15, 0.2) is 23.9 Å². The maximum Gasteiger partial charge on any atom is 0.230 e. The number of aliphatic hydroxyl groups is 4. The molecule has 0 aromatic heterocycles. The molecule has 0 bridgehead atoms. The molecule has 9 atom stereocenters. The molecule has 2 aliphatic heterocycles. The van der Waals surface area contributed by atoms with E-state index < -0.39 is 61.9 Å². The predicted octanol–water partition coefficient (Wildman–Crippen LogP) is 3.20. The zero-order valence-electron chi connectivity index (χ0n) is 24.6. The van der Waals surface area contributed by atoms with E-state index in [1.54, 1.807) is 25.1 Å². The summed E-state index contributed by atoms with van der Waals surface area (Å²) >= 11 is 6.01. The van der Waals surface area contributed by atoms with Crippen LogP contribution < -0.4 is 19.5 Å². The number of hydrogen-bond donors (Lipinski definition) is 5. The number of rotatable bonds is 10. The van der Waals surface area contributed by atoms with Gasteiger partial charge in [0.1, 0.15) is 24.4 Å². The minimum Gasteiger partial charge on any atom is -0.493 e. The van der Waals surface area contributed by atoms with Crippen molar-refractivity contribution in [3.8, 4) is 28.4 Å². The van der Waals surface area contributed by atoms with Gasteiger partial charge in [0, 0.05) is 17.1 Å². The van der Waals surface area contributed by atoms with Crippen molar-refractivity contribution in [2.45, 2.75) is 68.6 Å². The SMILES string of the molecule is COc1cccc(OC)c1O[C@@H]1O[C@H](CO)[C@@H](O)[C@H](O)[C@H]1O[C@H]1C[C@@H](Nc2ccc(-c3ccc(Cl)cc3)cc2)[C@@H](O)[C@H](C)O1. The Morgan fingerprint density at radius 3 is 2.05 bits per heavy atom. The Morgan fingerprint density at radius 1 is 0.841 bits per heavy atom. The number of aliphatic hydroxyl groups excluding tert-OH is 4. The summed E-state index contributed by atoms with van der Waals surface area (Å²) in [6.45, 7) is 1.15. The summed E-state index contributed by atoms with van der Waals surface area (Å²) in [5.74, 6) is 0.862. The van der Waals surface area contributed by atoms with Crippen molar-refractivity contribution in [1.82, 2.24) is 0 Å². The molecule has 12 heteroatoms. The smallest absolute Gasteiger partial charge is 0.230 e. The number of hydrogen-bond acceptors (Lipinski definition) is 11. The zero-order chi connectivity index (χ0) is 31.4. The van der Waals surface area contributed by atoms with Crippen LogP contribution in [0.3, 0.4) is 0 Å². The van der Waals surface area contributed by atoms with Gasteiger partial charge in [-0.15, -0.1) is 0 Å². The van der Waals surface area contributed by atoms with Crippen LogP contribution in [0.5, 0.6) is 17.2 Å². The van der Waals surface area contributed by atoms with Crippen LogP contribution in [0.2, 0.25) is 5.02 Å². The highest BCUT2D eigenvalue weighted by Crippen LogP contribution is 2.40. The molecule has 0 radical (unpaired) electrons. The fourth-order valence-corrected chi connectivity index (χ4v) is 5.54. The Hall–Kier alpha value is -3.13. The van der Waals surface area contributed by atoms with Crippen molar-refractivity contribution < 1.29 is 48.8 Å². The van der Waals surface area contributed by atoms with Crippen LogP contribution in [0.1, 0.15) is 13.3 Å². The van der Waals surface area contributed by atoms with E-state index in [1.165, 1.54) is 14.2 Å². The van der Waals surface area contributed by atoms with E-state index in [-0.39, 0.29) is 12.2 Å². The number of anilines is 1. The first-order chi connectivity index (χ1) is 21.2. The van der Waals surface area contributed by atoms with Crippen LogP contribution >= 0.6 is 11.6 Å². The number of para-hydroxylation sites is 1. The topological polar surface area (TPSA) is 148 Å².